The monoisotopic (exact) mass is 329 g/mol. The molecule has 5 heteroatoms. The molecule has 1 amide bonds. The van der Waals surface area contributed by atoms with Crippen molar-refractivity contribution in [3.8, 4) is 0 Å². The number of aromatic carboxylic acids is 1. The quantitative estimate of drug-likeness (QED) is 0.775. The minimum atomic E-state index is -1.12. The van der Waals surface area contributed by atoms with Gasteiger partial charge in [0, 0.05) is 5.41 Å². The number of rotatable bonds is 8. The zero-order chi connectivity index (χ0) is 17.6. The van der Waals surface area contributed by atoms with Crippen LogP contribution in [0.1, 0.15) is 48.6 Å². The molecule has 0 aliphatic carbocycles. The lowest BCUT2D eigenvalue weighted by molar-refractivity contribution is -0.130. The molecule has 0 aliphatic heterocycles. The van der Waals surface area contributed by atoms with Crippen LogP contribution in [0, 0.1) is 5.41 Å². The Morgan fingerprint density at radius 2 is 1.83 bits per heavy atom. The largest absolute Gasteiger partial charge is 0.475 e. The smallest absolute Gasteiger partial charge is 0.371 e. The maximum Gasteiger partial charge on any atom is 0.371 e. The molecule has 0 atom stereocenters. The zero-order valence-corrected chi connectivity index (χ0v) is 14.0. The van der Waals surface area contributed by atoms with Gasteiger partial charge in [0.2, 0.25) is 11.7 Å². The molecular weight excluding hydrogens is 306 g/mol. The molecule has 0 saturated heterocycles. The summed E-state index contributed by atoms with van der Waals surface area (Å²) in [5, 5.41) is 11.6. The Balaban J connectivity index is 1.79. The van der Waals surface area contributed by atoms with Gasteiger partial charge in [-0.1, -0.05) is 44.2 Å². The SMILES string of the molecule is CC(C)(CCCc1ccccc1)C(=O)NCc1ccc(C(=O)O)o1. The molecule has 0 fully saturated rings. The van der Waals surface area contributed by atoms with Gasteiger partial charge in [0.25, 0.3) is 0 Å². The minimum absolute atomic E-state index is 0.0659. The van der Waals surface area contributed by atoms with E-state index in [4.69, 9.17) is 9.52 Å². The van der Waals surface area contributed by atoms with E-state index in [1.807, 2.05) is 32.0 Å². The van der Waals surface area contributed by atoms with Gasteiger partial charge < -0.3 is 14.8 Å². The number of hydrogen-bond donors (Lipinski definition) is 2. The first-order valence-electron chi connectivity index (χ1n) is 8.03. The van der Waals surface area contributed by atoms with Crippen molar-refractivity contribution in [2.45, 2.75) is 39.7 Å². The standard InChI is InChI=1S/C19H23NO4/c1-19(2,12-6-9-14-7-4-3-5-8-14)18(23)20-13-15-10-11-16(24-15)17(21)22/h3-5,7-8,10-11H,6,9,12-13H2,1-2H3,(H,20,23)(H,21,22). The highest BCUT2D eigenvalue weighted by molar-refractivity contribution is 5.84. The van der Waals surface area contributed by atoms with Gasteiger partial charge in [-0.25, -0.2) is 4.79 Å². The van der Waals surface area contributed by atoms with Crippen molar-refractivity contribution in [2.24, 2.45) is 5.41 Å². The van der Waals surface area contributed by atoms with Crippen LogP contribution in [0.3, 0.4) is 0 Å². The van der Waals surface area contributed by atoms with Gasteiger partial charge in [-0.15, -0.1) is 0 Å². The Morgan fingerprint density at radius 1 is 1.12 bits per heavy atom. The molecule has 24 heavy (non-hydrogen) atoms. The van der Waals surface area contributed by atoms with Crippen LogP contribution in [-0.4, -0.2) is 17.0 Å². The first kappa shape index (κ1) is 17.8. The van der Waals surface area contributed by atoms with Crippen LogP contribution >= 0.6 is 0 Å². The maximum atomic E-state index is 12.4. The number of carboxylic acids is 1. The van der Waals surface area contributed by atoms with E-state index in [9.17, 15) is 9.59 Å². The first-order valence-corrected chi connectivity index (χ1v) is 8.03. The molecular formula is C19H23NO4. The van der Waals surface area contributed by atoms with E-state index in [-0.39, 0.29) is 18.2 Å². The molecule has 0 unspecified atom stereocenters. The van der Waals surface area contributed by atoms with Crippen LogP contribution in [-0.2, 0) is 17.8 Å². The van der Waals surface area contributed by atoms with Gasteiger partial charge >= 0.3 is 5.97 Å². The molecule has 0 saturated carbocycles. The molecule has 2 aromatic rings. The normalized spacial score (nSPS) is 11.2. The third-order valence-electron chi connectivity index (χ3n) is 4.02. The lowest BCUT2D eigenvalue weighted by Crippen LogP contribution is -2.36. The van der Waals surface area contributed by atoms with Crippen LogP contribution in [0.25, 0.3) is 0 Å². The number of carbonyl (C=O) groups is 2. The van der Waals surface area contributed by atoms with Gasteiger partial charge in [-0.3, -0.25) is 4.79 Å². The van der Waals surface area contributed by atoms with E-state index in [0.29, 0.717) is 5.76 Å². The molecule has 128 valence electrons. The minimum Gasteiger partial charge on any atom is -0.475 e. The summed E-state index contributed by atoms with van der Waals surface area (Å²) in [6, 6.07) is 13.1. The highest BCUT2D eigenvalue weighted by Crippen LogP contribution is 2.24. The summed E-state index contributed by atoms with van der Waals surface area (Å²) in [5.74, 6) is -0.875. The Morgan fingerprint density at radius 3 is 2.46 bits per heavy atom. The summed E-state index contributed by atoms with van der Waals surface area (Å²) in [5.41, 5.74) is 0.780. The number of carboxylic acid groups (broad SMARTS) is 1. The van der Waals surface area contributed by atoms with Crippen LogP contribution in [0.5, 0.6) is 0 Å². The average Bonchev–Trinajstić information content (AvgIpc) is 3.02. The second kappa shape index (κ2) is 7.81. The fraction of sp³-hybridized carbons (Fsp3) is 0.368. The Kier molecular flexibility index (Phi) is 5.79. The van der Waals surface area contributed by atoms with E-state index in [2.05, 4.69) is 17.4 Å². The van der Waals surface area contributed by atoms with Crippen molar-refractivity contribution in [1.82, 2.24) is 5.32 Å². The lowest BCUT2D eigenvalue weighted by atomic mass is 9.85. The van der Waals surface area contributed by atoms with Crippen molar-refractivity contribution in [1.29, 1.82) is 0 Å². The Hall–Kier alpha value is -2.56. The molecule has 2 rings (SSSR count). The number of amides is 1. The maximum absolute atomic E-state index is 12.4. The molecule has 0 radical (unpaired) electrons. The molecule has 1 aromatic heterocycles. The Labute approximate surface area is 141 Å². The van der Waals surface area contributed by atoms with Crippen LogP contribution in [0.15, 0.2) is 46.9 Å². The molecule has 2 N–H and O–H groups in total. The summed E-state index contributed by atoms with van der Waals surface area (Å²) in [4.78, 5) is 23.1. The number of carbonyl (C=O) groups excluding carboxylic acids is 1. The summed E-state index contributed by atoms with van der Waals surface area (Å²) < 4.78 is 5.13. The number of nitrogens with one attached hydrogen (secondary N) is 1. The third-order valence-corrected chi connectivity index (χ3v) is 4.02. The number of furan rings is 1. The van der Waals surface area contributed by atoms with E-state index in [1.54, 1.807) is 6.07 Å². The predicted molar refractivity (Wildman–Crippen MR) is 90.7 cm³/mol. The van der Waals surface area contributed by atoms with Crippen molar-refractivity contribution >= 4 is 11.9 Å². The molecule has 1 heterocycles. The number of hydrogen-bond acceptors (Lipinski definition) is 3. The van der Waals surface area contributed by atoms with Crippen molar-refractivity contribution in [2.75, 3.05) is 0 Å². The third kappa shape index (κ3) is 4.98. The molecule has 5 nitrogen and oxygen atoms in total. The van der Waals surface area contributed by atoms with Gasteiger partial charge in [-0.05, 0) is 37.0 Å². The molecule has 0 aliphatic rings. The second-order valence-corrected chi connectivity index (χ2v) is 6.48. The summed E-state index contributed by atoms with van der Waals surface area (Å²) in [7, 11) is 0. The van der Waals surface area contributed by atoms with Crippen LogP contribution in [0.4, 0.5) is 0 Å². The van der Waals surface area contributed by atoms with E-state index >= 15 is 0 Å². The van der Waals surface area contributed by atoms with E-state index in [0.717, 1.165) is 19.3 Å². The zero-order valence-electron chi connectivity index (χ0n) is 14.0. The fourth-order valence-electron chi connectivity index (χ4n) is 2.49. The van der Waals surface area contributed by atoms with E-state index < -0.39 is 11.4 Å². The van der Waals surface area contributed by atoms with Crippen LogP contribution < -0.4 is 5.32 Å². The van der Waals surface area contributed by atoms with Gasteiger partial charge in [0.05, 0.1) is 6.54 Å². The predicted octanol–water partition coefficient (Wildman–Crippen LogP) is 3.64. The molecule has 0 spiro atoms. The van der Waals surface area contributed by atoms with E-state index in [1.165, 1.54) is 11.6 Å². The molecule has 0 bridgehead atoms. The highest BCUT2D eigenvalue weighted by Gasteiger charge is 2.27. The number of benzene rings is 1. The first-order chi connectivity index (χ1) is 11.4. The van der Waals surface area contributed by atoms with Gasteiger partial charge in [-0.2, -0.15) is 0 Å². The lowest BCUT2D eigenvalue weighted by Gasteiger charge is -2.23. The summed E-state index contributed by atoms with van der Waals surface area (Å²) in [6.45, 7) is 4.02. The highest BCUT2D eigenvalue weighted by atomic mass is 16.4. The van der Waals surface area contributed by atoms with Crippen molar-refractivity contribution < 1.29 is 19.1 Å². The van der Waals surface area contributed by atoms with Gasteiger partial charge in [0.15, 0.2) is 0 Å². The molecule has 1 aromatic carbocycles. The second-order valence-electron chi connectivity index (χ2n) is 6.48. The number of aryl methyl sites for hydroxylation is 1. The fourth-order valence-corrected chi connectivity index (χ4v) is 2.49. The topological polar surface area (TPSA) is 79.5 Å². The Bertz CT molecular complexity index is 688. The summed E-state index contributed by atoms with van der Waals surface area (Å²) >= 11 is 0. The average molecular weight is 329 g/mol. The van der Waals surface area contributed by atoms with Crippen molar-refractivity contribution in [3.63, 3.8) is 0 Å². The van der Waals surface area contributed by atoms with Gasteiger partial charge in [0.1, 0.15) is 5.76 Å². The summed E-state index contributed by atoms with van der Waals surface area (Å²) in [6.07, 6.45) is 2.64. The van der Waals surface area contributed by atoms with Crippen molar-refractivity contribution in [3.05, 3.63) is 59.5 Å². The van der Waals surface area contributed by atoms with Crippen LogP contribution in [0.2, 0.25) is 0 Å².